The summed E-state index contributed by atoms with van der Waals surface area (Å²) < 4.78 is 0. The highest BCUT2D eigenvalue weighted by atomic mass is 14.7. The van der Waals surface area contributed by atoms with E-state index in [0.717, 1.165) is 16.5 Å². The first kappa shape index (κ1) is 8.20. The van der Waals surface area contributed by atoms with Gasteiger partial charge in [-0.2, -0.15) is 0 Å². The maximum atomic E-state index is 5.78. The molecule has 0 aliphatic carbocycles. The van der Waals surface area contributed by atoms with Crippen molar-refractivity contribution in [3.63, 3.8) is 0 Å². The Hall–Kier alpha value is -1.41. The fourth-order valence-electron chi connectivity index (χ4n) is 1.37. The van der Waals surface area contributed by atoms with E-state index >= 15 is 0 Å². The summed E-state index contributed by atoms with van der Waals surface area (Å²) in [5, 5.41) is 1.16. The molecule has 0 spiro atoms. The smallest absolute Gasteiger partial charge is 0.0705 e. The highest BCUT2D eigenvalue weighted by molar-refractivity contribution is 5.78. The largest absolute Gasteiger partial charge is 0.324 e. The standard InChI is InChI=1S/C11H12N2/c1-8(12)10-5-4-9-3-2-6-13-11(9)7-10/h2-8H,12H2,1H3. The van der Waals surface area contributed by atoms with E-state index in [1.165, 1.54) is 0 Å². The van der Waals surface area contributed by atoms with Crippen LogP contribution in [0.2, 0.25) is 0 Å². The summed E-state index contributed by atoms with van der Waals surface area (Å²) in [6.07, 6.45) is 1.80. The lowest BCUT2D eigenvalue weighted by Crippen LogP contribution is -2.04. The Labute approximate surface area is 77.4 Å². The van der Waals surface area contributed by atoms with Gasteiger partial charge in [0.2, 0.25) is 0 Å². The van der Waals surface area contributed by atoms with E-state index < -0.39 is 0 Å². The summed E-state index contributed by atoms with van der Waals surface area (Å²) in [6.45, 7) is 1.98. The number of nitrogens with zero attached hydrogens (tertiary/aromatic N) is 1. The zero-order valence-electron chi connectivity index (χ0n) is 7.57. The molecule has 2 heteroatoms. The first-order chi connectivity index (χ1) is 6.27. The van der Waals surface area contributed by atoms with Crippen LogP contribution in [0.3, 0.4) is 0 Å². The van der Waals surface area contributed by atoms with Gasteiger partial charge in [0, 0.05) is 17.6 Å². The molecule has 0 saturated carbocycles. The van der Waals surface area contributed by atoms with Crippen LogP contribution in [0.25, 0.3) is 10.9 Å². The molecule has 2 aromatic rings. The van der Waals surface area contributed by atoms with Crippen LogP contribution in [0.1, 0.15) is 18.5 Å². The summed E-state index contributed by atoms with van der Waals surface area (Å²) in [6, 6.07) is 10.2. The van der Waals surface area contributed by atoms with Gasteiger partial charge in [-0.3, -0.25) is 4.98 Å². The first-order valence-corrected chi connectivity index (χ1v) is 4.37. The van der Waals surface area contributed by atoms with Crippen molar-refractivity contribution in [1.29, 1.82) is 0 Å². The minimum absolute atomic E-state index is 0.0754. The number of benzene rings is 1. The predicted octanol–water partition coefficient (Wildman–Crippen LogP) is 2.25. The van der Waals surface area contributed by atoms with Crippen LogP contribution in [0.5, 0.6) is 0 Å². The van der Waals surface area contributed by atoms with E-state index in [4.69, 9.17) is 5.73 Å². The maximum Gasteiger partial charge on any atom is 0.0705 e. The van der Waals surface area contributed by atoms with Crippen molar-refractivity contribution in [3.8, 4) is 0 Å². The number of hydrogen-bond acceptors (Lipinski definition) is 2. The second-order valence-electron chi connectivity index (χ2n) is 3.24. The Kier molecular flexibility index (Phi) is 1.99. The number of aromatic nitrogens is 1. The third kappa shape index (κ3) is 1.53. The molecule has 2 nitrogen and oxygen atoms in total. The van der Waals surface area contributed by atoms with Gasteiger partial charge in [0.1, 0.15) is 0 Å². The van der Waals surface area contributed by atoms with Gasteiger partial charge in [0.15, 0.2) is 0 Å². The Morgan fingerprint density at radius 2 is 2.15 bits per heavy atom. The number of fused-ring (bicyclic) bond motifs is 1. The number of rotatable bonds is 1. The van der Waals surface area contributed by atoms with Crippen molar-refractivity contribution >= 4 is 10.9 Å². The van der Waals surface area contributed by atoms with Crippen molar-refractivity contribution in [1.82, 2.24) is 4.98 Å². The van der Waals surface area contributed by atoms with Gasteiger partial charge in [-0.1, -0.05) is 18.2 Å². The van der Waals surface area contributed by atoms with Crippen LogP contribution in [0.4, 0.5) is 0 Å². The average Bonchev–Trinajstić information content (AvgIpc) is 2.17. The van der Waals surface area contributed by atoms with Crippen molar-refractivity contribution in [2.24, 2.45) is 5.73 Å². The van der Waals surface area contributed by atoms with Gasteiger partial charge in [-0.05, 0) is 24.6 Å². The Morgan fingerprint density at radius 3 is 2.92 bits per heavy atom. The topological polar surface area (TPSA) is 38.9 Å². The van der Waals surface area contributed by atoms with Crippen LogP contribution in [0, 0.1) is 0 Å². The van der Waals surface area contributed by atoms with Crippen LogP contribution >= 0.6 is 0 Å². The van der Waals surface area contributed by atoms with Crippen molar-refractivity contribution < 1.29 is 0 Å². The van der Waals surface area contributed by atoms with E-state index in [0.29, 0.717) is 0 Å². The second kappa shape index (κ2) is 3.15. The lowest BCUT2D eigenvalue weighted by molar-refractivity contribution is 0.819. The van der Waals surface area contributed by atoms with Gasteiger partial charge >= 0.3 is 0 Å². The SMILES string of the molecule is CC(N)c1ccc2cccnc2c1. The molecule has 1 aromatic heterocycles. The highest BCUT2D eigenvalue weighted by Crippen LogP contribution is 2.16. The van der Waals surface area contributed by atoms with E-state index in [1.807, 2.05) is 25.1 Å². The van der Waals surface area contributed by atoms with Gasteiger partial charge in [-0.15, -0.1) is 0 Å². The molecule has 1 heterocycles. The number of nitrogens with two attached hydrogens (primary N) is 1. The van der Waals surface area contributed by atoms with Gasteiger partial charge < -0.3 is 5.73 Å². The molecule has 13 heavy (non-hydrogen) atoms. The molecule has 0 fully saturated rings. The fraction of sp³-hybridized carbons (Fsp3) is 0.182. The highest BCUT2D eigenvalue weighted by Gasteiger charge is 2.00. The Balaban J connectivity index is 2.62. The zero-order valence-corrected chi connectivity index (χ0v) is 7.57. The third-order valence-electron chi connectivity index (χ3n) is 2.16. The average molecular weight is 172 g/mol. The number of hydrogen-bond donors (Lipinski definition) is 1. The Bertz CT molecular complexity index is 421. The molecule has 0 aliphatic rings. The molecule has 0 bridgehead atoms. The molecular weight excluding hydrogens is 160 g/mol. The number of pyridine rings is 1. The Morgan fingerprint density at radius 1 is 1.31 bits per heavy atom. The third-order valence-corrected chi connectivity index (χ3v) is 2.16. The van der Waals surface area contributed by atoms with Crippen molar-refractivity contribution in [2.75, 3.05) is 0 Å². The van der Waals surface area contributed by atoms with E-state index in [1.54, 1.807) is 6.20 Å². The lowest BCUT2D eigenvalue weighted by atomic mass is 10.1. The van der Waals surface area contributed by atoms with E-state index in [9.17, 15) is 0 Å². The zero-order chi connectivity index (χ0) is 9.26. The van der Waals surface area contributed by atoms with Crippen LogP contribution in [0.15, 0.2) is 36.5 Å². The first-order valence-electron chi connectivity index (χ1n) is 4.37. The molecule has 0 aliphatic heterocycles. The maximum absolute atomic E-state index is 5.78. The fourth-order valence-corrected chi connectivity index (χ4v) is 1.37. The quantitative estimate of drug-likeness (QED) is 0.716. The van der Waals surface area contributed by atoms with E-state index in [-0.39, 0.29) is 6.04 Å². The lowest BCUT2D eigenvalue weighted by Gasteiger charge is -2.05. The van der Waals surface area contributed by atoms with Crippen molar-refractivity contribution in [3.05, 3.63) is 42.1 Å². The summed E-state index contributed by atoms with van der Waals surface area (Å²) in [5.74, 6) is 0. The second-order valence-corrected chi connectivity index (χ2v) is 3.24. The van der Waals surface area contributed by atoms with E-state index in [2.05, 4.69) is 17.1 Å². The van der Waals surface area contributed by atoms with Gasteiger partial charge in [-0.25, -0.2) is 0 Å². The monoisotopic (exact) mass is 172 g/mol. The van der Waals surface area contributed by atoms with Gasteiger partial charge in [0.05, 0.1) is 5.52 Å². The minimum Gasteiger partial charge on any atom is -0.324 e. The van der Waals surface area contributed by atoms with Crippen LogP contribution in [-0.4, -0.2) is 4.98 Å². The normalized spacial score (nSPS) is 13.1. The summed E-state index contributed by atoms with van der Waals surface area (Å²) >= 11 is 0. The van der Waals surface area contributed by atoms with Crippen LogP contribution in [-0.2, 0) is 0 Å². The molecule has 2 N–H and O–H groups in total. The molecular formula is C11H12N2. The summed E-state index contributed by atoms with van der Waals surface area (Å²) in [5.41, 5.74) is 7.92. The van der Waals surface area contributed by atoms with Gasteiger partial charge in [0.25, 0.3) is 0 Å². The minimum atomic E-state index is 0.0754. The molecule has 0 amide bonds. The molecule has 2 rings (SSSR count). The summed E-state index contributed by atoms with van der Waals surface area (Å²) in [4.78, 5) is 4.27. The molecule has 0 radical (unpaired) electrons. The molecule has 66 valence electrons. The summed E-state index contributed by atoms with van der Waals surface area (Å²) in [7, 11) is 0. The molecule has 1 unspecified atom stereocenters. The molecule has 1 aromatic carbocycles. The molecule has 0 saturated heterocycles. The van der Waals surface area contributed by atoms with Crippen molar-refractivity contribution in [2.45, 2.75) is 13.0 Å². The predicted molar refractivity (Wildman–Crippen MR) is 54.3 cm³/mol. The van der Waals surface area contributed by atoms with Crippen LogP contribution < -0.4 is 5.73 Å². The molecule has 1 atom stereocenters.